The fourth-order valence-corrected chi connectivity index (χ4v) is 4.13. The minimum absolute atomic E-state index is 0.123. The highest BCUT2D eigenvalue weighted by Gasteiger charge is 2.37. The lowest BCUT2D eigenvalue weighted by Crippen LogP contribution is -2.50. The Balaban J connectivity index is 1.80. The third kappa shape index (κ3) is 2.84. The molecule has 2 fully saturated rings. The number of nitrogens with zero attached hydrogens (tertiary/aromatic N) is 2. The molecule has 2 atom stereocenters. The van der Waals surface area contributed by atoms with Crippen molar-refractivity contribution >= 4 is 17.5 Å². The van der Waals surface area contributed by atoms with Crippen molar-refractivity contribution in [3.8, 4) is 0 Å². The zero-order valence-corrected chi connectivity index (χ0v) is 13.6. The average molecular weight is 310 g/mol. The third-order valence-corrected chi connectivity index (χ3v) is 5.12. The summed E-state index contributed by atoms with van der Waals surface area (Å²) < 4.78 is 1.95. The maximum Gasteiger partial charge on any atom is 0.270 e. The maximum absolute atomic E-state index is 12.9. The molecule has 116 valence electrons. The highest BCUT2D eigenvalue weighted by Crippen LogP contribution is 2.30. The quantitative estimate of drug-likeness (QED) is 0.928. The number of carbonyl (C=O) groups excluding carboxylic acids is 1. The molecular formula is C16H24ClN3O. The Labute approximate surface area is 131 Å². The molecule has 21 heavy (non-hydrogen) atoms. The molecule has 2 saturated heterocycles. The summed E-state index contributed by atoms with van der Waals surface area (Å²) in [4.78, 5) is 15.0. The normalized spacial score (nSPS) is 27.9. The minimum Gasteiger partial charge on any atom is -0.342 e. The van der Waals surface area contributed by atoms with E-state index in [9.17, 15) is 4.79 Å². The number of nitrogens with one attached hydrogen (secondary N) is 1. The van der Waals surface area contributed by atoms with Crippen LogP contribution in [-0.2, 0) is 6.54 Å². The van der Waals surface area contributed by atoms with Gasteiger partial charge in [-0.1, -0.05) is 11.6 Å². The van der Waals surface area contributed by atoms with Gasteiger partial charge in [0.2, 0.25) is 0 Å². The van der Waals surface area contributed by atoms with E-state index in [1.807, 2.05) is 22.6 Å². The van der Waals surface area contributed by atoms with E-state index >= 15 is 0 Å². The van der Waals surface area contributed by atoms with Gasteiger partial charge in [0.1, 0.15) is 5.69 Å². The largest absolute Gasteiger partial charge is 0.342 e. The van der Waals surface area contributed by atoms with Gasteiger partial charge in [-0.25, -0.2) is 0 Å². The number of hydrogen-bond donors (Lipinski definition) is 1. The summed E-state index contributed by atoms with van der Waals surface area (Å²) in [6.07, 6.45) is 6.51. The third-order valence-electron chi connectivity index (χ3n) is 4.91. The molecule has 1 aromatic heterocycles. The molecule has 2 bridgehead atoms. The Morgan fingerprint density at radius 1 is 1.38 bits per heavy atom. The van der Waals surface area contributed by atoms with E-state index in [0.717, 1.165) is 31.6 Å². The summed E-state index contributed by atoms with van der Waals surface area (Å²) in [5, 5.41) is 4.28. The molecule has 0 aliphatic carbocycles. The molecule has 1 N–H and O–H groups in total. The molecular weight excluding hydrogens is 286 g/mol. The molecule has 0 saturated carbocycles. The number of aryl methyl sites for hydroxylation is 1. The highest BCUT2D eigenvalue weighted by atomic mass is 35.5. The standard InChI is InChI=1S/C16H24ClN3O/c1-3-19-10-11(17)7-15(19)16(21)20(4-2)14-8-12-5-6-13(9-14)18-12/h7,10,12-14,18H,3-6,8-9H2,1-2H3. The molecule has 2 aliphatic heterocycles. The topological polar surface area (TPSA) is 37.3 Å². The lowest BCUT2D eigenvalue weighted by atomic mass is 9.98. The second-order valence-corrected chi connectivity index (χ2v) is 6.62. The second-order valence-electron chi connectivity index (χ2n) is 6.18. The molecule has 4 nitrogen and oxygen atoms in total. The van der Waals surface area contributed by atoms with Crippen molar-refractivity contribution in [1.82, 2.24) is 14.8 Å². The fourth-order valence-electron chi connectivity index (χ4n) is 3.91. The van der Waals surface area contributed by atoms with Crippen LogP contribution in [0.25, 0.3) is 0 Å². The van der Waals surface area contributed by atoms with Gasteiger partial charge in [-0.2, -0.15) is 0 Å². The van der Waals surface area contributed by atoms with E-state index in [1.165, 1.54) is 12.8 Å². The molecule has 2 aliphatic rings. The Bertz CT molecular complexity index is 516. The minimum atomic E-state index is 0.123. The smallest absolute Gasteiger partial charge is 0.270 e. The average Bonchev–Trinajstić information content (AvgIpc) is 3.02. The maximum atomic E-state index is 12.9. The van der Waals surface area contributed by atoms with Crippen molar-refractivity contribution in [2.75, 3.05) is 6.54 Å². The van der Waals surface area contributed by atoms with Gasteiger partial charge in [0.05, 0.1) is 5.02 Å². The zero-order chi connectivity index (χ0) is 15.0. The molecule has 1 amide bonds. The van der Waals surface area contributed by atoms with Gasteiger partial charge in [0.25, 0.3) is 5.91 Å². The lowest BCUT2D eigenvalue weighted by molar-refractivity contribution is 0.0620. The molecule has 0 radical (unpaired) electrons. The van der Waals surface area contributed by atoms with Crippen LogP contribution in [-0.4, -0.2) is 40.0 Å². The van der Waals surface area contributed by atoms with Gasteiger partial charge in [-0.3, -0.25) is 4.79 Å². The van der Waals surface area contributed by atoms with Gasteiger partial charge < -0.3 is 14.8 Å². The van der Waals surface area contributed by atoms with Crippen molar-refractivity contribution in [2.45, 2.75) is 64.2 Å². The van der Waals surface area contributed by atoms with Crippen molar-refractivity contribution in [3.05, 3.63) is 23.0 Å². The van der Waals surface area contributed by atoms with Gasteiger partial charge in [-0.15, -0.1) is 0 Å². The SMILES string of the molecule is CCN(C(=O)c1cc(Cl)cn1CC)C1CC2CCC(C1)N2. The second kappa shape index (κ2) is 6.01. The first-order chi connectivity index (χ1) is 10.1. The molecule has 2 unspecified atom stereocenters. The number of aromatic nitrogens is 1. The zero-order valence-electron chi connectivity index (χ0n) is 12.8. The van der Waals surface area contributed by atoms with Crippen LogP contribution in [0.3, 0.4) is 0 Å². The number of rotatable bonds is 4. The van der Waals surface area contributed by atoms with Crippen molar-refractivity contribution in [3.63, 3.8) is 0 Å². The monoisotopic (exact) mass is 309 g/mol. The van der Waals surface area contributed by atoms with Crippen molar-refractivity contribution < 1.29 is 4.79 Å². The summed E-state index contributed by atoms with van der Waals surface area (Å²) in [6, 6.07) is 3.35. The van der Waals surface area contributed by atoms with Gasteiger partial charge in [-0.05, 0) is 45.6 Å². The number of hydrogen-bond acceptors (Lipinski definition) is 2. The lowest BCUT2D eigenvalue weighted by Gasteiger charge is -2.37. The van der Waals surface area contributed by atoms with Crippen LogP contribution in [0.4, 0.5) is 0 Å². The molecule has 3 heterocycles. The summed E-state index contributed by atoms with van der Waals surface area (Å²) in [6.45, 7) is 5.63. The van der Waals surface area contributed by atoms with E-state index in [4.69, 9.17) is 11.6 Å². The Morgan fingerprint density at radius 2 is 2.05 bits per heavy atom. The van der Waals surface area contributed by atoms with Crippen LogP contribution >= 0.6 is 11.6 Å². The highest BCUT2D eigenvalue weighted by molar-refractivity contribution is 6.31. The number of fused-ring (bicyclic) bond motifs is 2. The van der Waals surface area contributed by atoms with Crippen LogP contribution < -0.4 is 5.32 Å². The summed E-state index contributed by atoms with van der Waals surface area (Å²) >= 11 is 6.08. The van der Waals surface area contributed by atoms with E-state index in [0.29, 0.717) is 23.1 Å². The van der Waals surface area contributed by atoms with Crippen LogP contribution in [0.1, 0.15) is 50.0 Å². The Morgan fingerprint density at radius 3 is 2.62 bits per heavy atom. The van der Waals surface area contributed by atoms with Crippen LogP contribution in [0.5, 0.6) is 0 Å². The summed E-state index contributed by atoms with van der Waals surface area (Å²) in [5.41, 5.74) is 0.718. The Hall–Kier alpha value is -1.00. The van der Waals surface area contributed by atoms with E-state index in [2.05, 4.69) is 12.2 Å². The number of carbonyl (C=O) groups is 1. The van der Waals surface area contributed by atoms with Gasteiger partial charge in [0, 0.05) is 37.4 Å². The van der Waals surface area contributed by atoms with Gasteiger partial charge >= 0.3 is 0 Å². The predicted molar refractivity (Wildman–Crippen MR) is 84.8 cm³/mol. The fraction of sp³-hybridized carbons (Fsp3) is 0.688. The molecule has 1 aromatic rings. The molecule has 0 spiro atoms. The van der Waals surface area contributed by atoms with Crippen molar-refractivity contribution in [2.24, 2.45) is 0 Å². The van der Waals surface area contributed by atoms with E-state index in [1.54, 1.807) is 6.07 Å². The molecule has 3 rings (SSSR count). The van der Waals surface area contributed by atoms with Crippen LogP contribution in [0.2, 0.25) is 5.02 Å². The van der Waals surface area contributed by atoms with Crippen LogP contribution in [0.15, 0.2) is 12.3 Å². The van der Waals surface area contributed by atoms with Crippen LogP contribution in [0, 0.1) is 0 Å². The first-order valence-corrected chi connectivity index (χ1v) is 8.42. The summed E-state index contributed by atoms with van der Waals surface area (Å²) in [5.74, 6) is 0.123. The number of piperidine rings is 1. The first kappa shape index (κ1) is 14.9. The Kier molecular flexibility index (Phi) is 4.27. The number of amides is 1. The van der Waals surface area contributed by atoms with Gasteiger partial charge in [0.15, 0.2) is 0 Å². The van der Waals surface area contributed by atoms with E-state index < -0.39 is 0 Å². The number of halogens is 1. The van der Waals surface area contributed by atoms with Crippen molar-refractivity contribution in [1.29, 1.82) is 0 Å². The van der Waals surface area contributed by atoms with E-state index in [-0.39, 0.29) is 5.91 Å². The molecule has 5 heteroatoms. The summed E-state index contributed by atoms with van der Waals surface area (Å²) in [7, 11) is 0. The predicted octanol–water partition coefficient (Wildman–Crippen LogP) is 2.91. The first-order valence-electron chi connectivity index (χ1n) is 8.05. The molecule has 0 aromatic carbocycles.